The number of aromatic nitrogens is 2. The lowest BCUT2D eigenvalue weighted by molar-refractivity contribution is 0.0676. The van der Waals surface area contributed by atoms with Crippen molar-refractivity contribution in [2.75, 3.05) is 47.4 Å². The molecule has 18 heavy (non-hydrogen) atoms. The van der Waals surface area contributed by atoms with Crippen molar-refractivity contribution in [1.82, 2.24) is 20.0 Å². The van der Waals surface area contributed by atoms with Crippen LogP contribution in [0.15, 0.2) is 10.7 Å². The van der Waals surface area contributed by atoms with Crippen molar-refractivity contribution in [2.24, 2.45) is 0 Å². The first kappa shape index (κ1) is 15.1. The van der Waals surface area contributed by atoms with Gasteiger partial charge in [0.05, 0.1) is 17.3 Å². The molecule has 1 amide bonds. The zero-order chi connectivity index (χ0) is 13.5. The van der Waals surface area contributed by atoms with Crippen molar-refractivity contribution in [2.45, 2.75) is 0 Å². The molecule has 0 spiro atoms. The van der Waals surface area contributed by atoms with Gasteiger partial charge in [0.2, 0.25) is 0 Å². The Morgan fingerprint density at radius 1 is 1.44 bits per heavy atom. The van der Waals surface area contributed by atoms with Gasteiger partial charge in [0.1, 0.15) is 5.69 Å². The van der Waals surface area contributed by atoms with E-state index in [1.165, 1.54) is 0 Å². The van der Waals surface area contributed by atoms with E-state index in [4.69, 9.17) is 4.74 Å². The lowest BCUT2D eigenvalue weighted by Crippen LogP contribution is -2.39. The zero-order valence-corrected chi connectivity index (χ0v) is 12.5. The summed E-state index contributed by atoms with van der Waals surface area (Å²) in [5.74, 6) is -0.0710. The summed E-state index contributed by atoms with van der Waals surface area (Å²) in [4.78, 5) is 16.1. The largest absolute Gasteiger partial charge is 0.383 e. The van der Waals surface area contributed by atoms with Crippen LogP contribution in [0.5, 0.6) is 0 Å². The second kappa shape index (κ2) is 7.50. The summed E-state index contributed by atoms with van der Waals surface area (Å²) in [6, 6.07) is 0. The number of amides is 1. The Bertz CT molecular complexity index is 381. The number of carbonyl (C=O) groups is 1. The number of methoxy groups -OCH3 is 1. The van der Waals surface area contributed by atoms with Gasteiger partial charge in [-0.25, -0.2) is 0 Å². The Hall–Kier alpha value is -0.920. The van der Waals surface area contributed by atoms with Crippen molar-refractivity contribution >= 4 is 21.8 Å². The second-order valence-electron chi connectivity index (χ2n) is 4.18. The summed E-state index contributed by atoms with van der Waals surface area (Å²) >= 11 is 3.30. The van der Waals surface area contributed by atoms with Gasteiger partial charge >= 0.3 is 0 Å². The fourth-order valence-electron chi connectivity index (χ4n) is 1.42. The molecule has 0 radical (unpaired) electrons. The van der Waals surface area contributed by atoms with E-state index in [1.54, 1.807) is 18.2 Å². The molecule has 0 bridgehead atoms. The topological polar surface area (TPSA) is 61.5 Å². The lowest BCUT2D eigenvalue weighted by Gasteiger charge is -2.23. The minimum atomic E-state index is -0.0710. The molecule has 1 heterocycles. The standard InChI is InChI=1S/C11H19BrN4O2/c1-15(2)4-5-16(6-7-18-3)11(17)10-9(12)8-13-14-10/h8H,4-7H2,1-3H3,(H,13,14). The van der Waals surface area contributed by atoms with Gasteiger partial charge in [0.15, 0.2) is 0 Å². The minimum Gasteiger partial charge on any atom is -0.383 e. The molecule has 1 N–H and O–H groups in total. The van der Waals surface area contributed by atoms with Gasteiger partial charge in [-0.2, -0.15) is 5.10 Å². The van der Waals surface area contributed by atoms with Crippen LogP contribution in [0.4, 0.5) is 0 Å². The predicted molar refractivity (Wildman–Crippen MR) is 72.6 cm³/mol. The second-order valence-corrected chi connectivity index (χ2v) is 5.04. The maximum absolute atomic E-state index is 12.3. The average Bonchev–Trinajstić information content (AvgIpc) is 2.74. The molecule has 0 aliphatic heterocycles. The highest BCUT2D eigenvalue weighted by Crippen LogP contribution is 2.14. The van der Waals surface area contributed by atoms with Gasteiger partial charge in [-0.05, 0) is 30.0 Å². The molecule has 0 aliphatic rings. The summed E-state index contributed by atoms with van der Waals surface area (Å²) < 4.78 is 5.71. The molecule has 1 aromatic rings. The first-order valence-corrected chi connectivity index (χ1v) is 6.47. The molecule has 1 rings (SSSR count). The third-order valence-electron chi connectivity index (χ3n) is 2.48. The molecule has 0 aromatic carbocycles. The van der Waals surface area contributed by atoms with Crippen LogP contribution in [-0.4, -0.2) is 73.4 Å². The Kier molecular flexibility index (Phi) is 6.31. The van der Waals surface area contributed by atoms with E-state index < -0.39 is 0 Å². The van der Waals surface area contributed by atoms with Crippen LogP contribution >= 0.6 is 15.9 Å². The number of hydrogen-bond donors (Lipinski definition) is 1. The molecule has 0 aliphatic carbocycles. The van der Waals surface area contributed by atoms with Crippen molar-refractivity contribution in [3.63, 3.8) is 0 Å². The summed E-state index contributed by atoms with van der Waals surface area (Å²) in [7, 11) is 5.58. The molecule has 0 atom stereocenters. The number of likely N-dealkylation sites (N-methyl/N-ethyl adjacent to an activating group) is 1. The van der Waals surface area contributed by atoms with Crippen molar-refractivity contribution in [3.8, 4) is 0 Å². The van der Waals surface area contributed by atoms with E-state index >= 15 is 0 Å². The SMILES string of the molecule is COCCN(CCN(C)C)C(=O)c1[nH]ncc1Br. The summed E-state index contributed by atoms with van der Waals surface area (Å²) in [5.41, 5.74) is 0.477. The first-order valence-electron chi connectivity index (χ1n) is 5.68. The monoisotopic (exact) mass is 318 g/mol. The number of carbonyl (C=O) groups excluding carboxylic acids is 1. The minimum absolute atomic E-state index is 0.0710. The number of halogens is 1. The highest BCUT2D eigenvalue weighted by atomic mass is 79.9. The van der Waals surface area contributed by atoms with Crippen LogP contribution in [0.2, 0.25) is 0 Å². The third-order valence-corrected chi connectivity index (χ3v) is 3.08. The van der Waals surface area contributed by atoms with Gasteiger partial charge < -0.3 is 14.5 Å². The maximum atomic E-state index is 12.3. The highest BCUT2D eigenvalue weighted by Gasteiger charge is 2.19. The molecule has 0 fully saturated rings. The van der Waals surface area contributed by atoms with Gasteiger partial charge in [0, 0.05) is 26.7 Å². The Morgan fingerprint density at radius 2 is 2.17 bits per heavy atom. The summed E-state index contributed by atoms with van der Waals surface area (Å²) in [6.07, 6.45) is 1.58. The van der Waals surface area contributed by atoms with Gasteiger partial charge in [-0.15, -0.1) is 0 Å². The van der Waals surface area contributed by atoms with Crippen LogP contribution in [0, 0.1) is 0 Å². The lowest BCUT2D eigenvalue weighted by atomic mass is 10.3. The fourth-order valence-corrected chi connectivity index (χ4v) is 1.78. The Morgan fingerprint density at radius 3 is 2.67 bits per heavy atom. The molecule has 6 nitrogen and oxygen atoms in total. The van der Waals surface area contributed by atoms with Gasteiger partial charge in [-0.1, -0.05) is 0 Å². The number of ether oxygens (including phenoxy) is 1. The first-order chi connectivity index (χ1) is 8.56. The van der Waals surface area contributed by atoms with Crippen LogP contribution in [-0.2, 0) is 4.74 Å². The molecule has 0 unspecified atom stereocenters. The molecule has 0 saturated carbocycles. The Balaban J connectivity index is 2.69. The number of nitrogens with zero attached hydrogens (tertiary/aromatic N) is 3. The van der Waals surface area contributed by atoms with E-state index in [-0.39, 0.29) is 5.91 Å². The van der Waals surface area contributed by atoms with Crippen molar-refractivity contribution in [1.29, 1.82) is 0 Å². The predicted octanol–water partition coefficient (Wildman–Crippen LogP) is 0.822. The van der Waals surface area contributed by atoms with E-state index in [0.29, 0.717) is 29.9 Å². The van der Waals surface area contributed by atoms with Crippen LogP contribution in [0.1, 0.15) is 10.5 Å². The van der Waals surface area contributed by atoms with E-state index in [2.05, 4.69) is 26.1 Å². The van der Waals surface area contributed by atoms with Gasteiger partial charge in [0.25, 0.3) is 5.91 Å². The highest BCUT2D eigenvalue weighted by molar-refractivity contribution is 9.10. The smallest absolute Gasteiger partial charge is 0.273 e. The van der Waals surface area contributed by atoms with Crippen LogP contribution in [0.3, 0.4) is 0 Å². The third kappa shape index (κ3) is 4.40. The molecule has 7 heteroatoms. The van der Waals surface area contributed by atoms with E-state index in [0.717, 1.165) is 6.54 Å². The quantitative estimate of drug-likeness (QED) is 0.808. The fraction of sp³-hybridized carbons (Fsp3) is 0.636. The number of aromatic amines is 1. The summed E-state index contributed by atoms with van der Waals surface area (Å²) in [6.45, 7) is 2.54. The van der Waals surface area contributed by atoms with E-state index in [1.807, 2.05) is 19.0 Å². The molecule has 102 valence electrons. The van der Waals surface area contributed by atoms with Crippen molar-refractivity contribution < 1.29 is 9.53 Å². The average molecular weight is 319 g/mol. The Labute approximate surface area is 115 Å². The number of hydrogen-bond acceptors (Lipinski definition) is 4. The van der Waals surface area contributed by atoms with Crippen LogP contribution in [0.25, 0.3) is 0 Å². The van der Waals surface area contributed by atoms with E-state index in [9.17, 15) is 4.79 Å². The normalized spacial score (nSPS) is 10.9. The maximum Gasteiger partial charge on any atom is 0.273 e. The number of H-pyrrole nitrogens is 1. The molecule has 1 aromatic heterocycles. The van der Waals surface area contributed by atoms with Gasteiger partial charge in [-0.3, -0.25) is 9.89 Å². The zero-order valence-electron chi connectivity index (χ0n) is 10.9. The number of nitrogens with one attached hydrogen (secondary N) is 1. The molecular weight excluding hydrogens is 300 g/mol. The molecular formula is C11H19BrN4O2. The van der Waals surface area contributed by atoms with Crippen LogP contribution < -0.4 is 0 Å². The molecule has 0 saturated heterocycles. The summed E-state index contributed by atoms with van der Waals surface area (Å²) in [5, 5.41) is 6.55. The number of rotatable bonds is 7. The van der Waals surface area contributed by atoms with Crippen molar-refractivity contribution in [3.05, 3.63) is 16.4 Å².